The third-order valence-electron chi connectivity index (χ3n) is 2.97. The lowest BCUT2D eigenvalue weighted by Gasteiger charge is -2.26. The average molecular weight is 243 g/mol. The van der Waals surface area contributed by atoms with Gasteiger partial charge in [-0.1, -0.05) is 6.42 Å². The Morgan fingerprint density at radius 1 is 1.24 bits per heavy atom. The zero-order valence-electron chi connectivity index (χ0n) is 10.8. The Labute approximate surface area is 104 Å². The van der Waals surface area contributed by atoms with Gasteiger partial charge in [-0.25, -0.2) is 0 Å². The maximum atomic E-state index is 11.4. The number of hydrogen-bond acceptors (Lipinski definition) is 4. The van der Waals surface area contributed by atoms with Gasteiger partial charge >= 0.3 is 0 Å². The number of piperidine rings is 1. The quantitative estimate of drug-likeness (QED) is 0.581. The zero-order chi connectivity index (χ0) is 12.3. The van der Waals surface area contributed by atoms with Gasteiger partial charge in [-0.2, -0.15) is 0 Å². The Balaban J connectivity index is 1.92. The molecule has 17 heavy (non-hydrogen) atoms. The highest BCUT2D eigenvalue weighted by Gasteiger charge is 2.09. The van der Waals surface area contributed by atoms with Crippen molar-refractivity contribution >= 4 is 5.91 Å². The predicted molar refractivity (Wildman–Crippen MR) is 68.0 cm³/mol. The van der Waals surface area contributed by atoms with Crippen molar-refractivity contribution in [3.05, 3.63) is 0 Å². The van der Waals surface area contributed by atoms with E-state index >= 15 is 0 Å². The second kappa shape index (κ2) is 9.39. The number of likely N-dealkylation sites (tertiary alicyclic amines) is 1. The summed E-state index contributed by atoms with van der Waals surface area (Å²) in [5.74, 6) is 0.0677. The van der Waals surface area contributed by atoms with Crippen LogP contribution in [0.5, 0.6) is 0 Å². The minimum atomic E-state index is 0.0677. The number of rotatable bonds is 8. The molecule has 2 N–H and O–H groups in total. The molecule has 100 valence electrons. The minimum Gasteiger partial charge on any atom is -0.383 e. The maximum absolute atomic E-state index is 11.4. The van der Waals surface area contributed by atoms with Crippen molar-refractivity contribution in [2.75, 3.05) is 53.0 Å². The van der Waals surface area contributed by atoms with Crippen molar-refractivity contribution < 1.29 is 9.53 Å². The number of hydrogen-bond donors (Lipinski definition) is 2. The molecule has 0 spiro atoms. The van der Waals surface area contributed by atoms with Gasteiger partial charge in [-0.05, 0) is 25.9 Å². The molecule has 0 aliphatic carbocycles. The molecule has 0 bridgehead atoms. The van der Waals surface area contributed by atoms with Crippen molar-refractivity contribution in [3.63, 3.8) is 0 Å². The van der Waals surface area contributed by atoms with Gasteiger partial charge in [0.2, 0.25) is 5.91 Å². The van der Waals surface area contributed by atoms with Crippen molar-refractivity contribution in [2.45, 2.75) is 19.3 Å². The summed E-state index contributed by atoms with van der Waals surface area (Å²) in [4.78, 5) is 13.8. The third-order valence-corrected chi connectivity index (χ3v) is 2.97. The number of methoxy groups -OCH3 is 1. The molecule has 1 saturated heterocycles. The van der Waals surface area contributed by atoms with E-state index in [-0.39, 0.29) is 5.91 Å². The standard InChI is InChI=1S/C12H25N3O2/c1-17-10-6-13-11-12(16)14-5-9-15-7-3-2-4-8-15/h13H,2-11H2,1H3,(H,14,16). The molecule has 0 saturated carbocycles. The Morgan fingerprint density at radius 3 is 2.71 bits per heavy atom. The second-order valence-electron chi connectivity index (χ2n) is 4.42. The Morgan fingerprint density at radius 2 is 2.00 bits per heavy atom. The van der Waals surface area contributed by atoms with Crippen LogP contribution < -0.4 is 10.6 Å². The first-order valence-corrected chi connectivity index (χ1v) is 6.51. The summed E-state index contributed by atoms with van der Waals surface area (Å²) in [5, 5.41) is 5.95. The summed E-state index contributed by atoms with van der Waals surface area (Å²) in [5.41, 5.74) is 0. The van der Waals surface area contributed by atoms with E-state index in [0.717, 1.165) is 19.6 Å². The van der Waals surface area contributed by atoms with Crippen LogP contribution in [-0.4, -0.2) is 63.8 Å². The fourth-order valence-corrected chi connectivity index (χ4v) is 1.98. The lowest BCUT2D eigenvalue weighted by Crippen LogP contribution is -2.40. The van der Waals surface area contributed by atoms with Crippen LogP contribution in [0, 0.1) is 0 Å². The first kappa shape index (κ1) is 14.4. The number of ether oxygens (including phenoxy) is 1. The van der Waals surface area contributed by atoms with Crippen LogP contribution in [0.3, 0.4) is 0 Å². The van der Waals surface area contributed by atoms with Gasteiger partial charge in [0.1, 0.15) is 0 Å². The Kier molecular flexibility index (Phi) is 7.96. The monoisotopic (exact) mass is 243 g/mol. The summed E-state index contributed by atoms with van der Waals surface area (Å²) >= 11 is 0. The molecule has 0 atom stereocenters. The Bertz CT molecular complexity index is 206. The van der Waals surface area contributed by atoms with Crippen LogP contribution in [0.1, 0.15) is 19.3 Å². The Hall–Kier alpha value is -0.650. The summed E-state index contributed by atoms with van der Waals surface area (Å²) in [6, 6.07) is 0. The molecule has 0 aromatic carbocycles. The van der Waals surface area contributed by atoms with E-state index in [9.17, 15) is 4.79 Å². The summed E-state index contributed by atoms with van der Waals surface area (Å²) < 4.78 is 4.88. The van der Waals surface area contributed by atoms with Crippen LogP contribution >= 0.6 is 0 Å². The maximum Gasteiger partial charge on any atom is 0.234 e. The van der Waals surface area contributed by atoms with Gasteiger partial charge in [0.25, 0.3) is 0 Å². The molecule has 0 unspecified atom stereocenters. The minimum absolute atomic E-state index is 0.0677. The van der Waals surface area contributed by atoms with E-state index in [1.165, 1.54) is 32.4 Å². The van der Waals surface area contributed by atoms with Crippen molar-refractivity contribution in [1.82, 2.24) is 15.5 Å². The lowest BCUT2D eigenvalue weighted by molar-refractivity contribution is -0.120. The third kappa shape index (κ3) is 7.31. The van der Waals surface area contributed by atoms with E-state index in [1.54, 1.807) is 7.11 Å². The number of nitrogens with zero attached hydrogens (tertiary/aromatic N) is 1. The normalized spacial score (nSPS) is 17.0. The fraction of sp³-hybridized carbons (Fsp3) is 0.917. The molecule has 1 rings (SSSR count). The molecule has 1 fully saturated rings. The lowest BCUT2D eigenvalue weighted by atomic mass is 10.1. The first-order valence-electron chi connectivity index (χ1n) is 6.51. The molecule has 1 amide bonds. The van der Waals surface area contributed by atoms with Crippen LogP contribution in [0.15, 0.2) is 0 Å². The number of amides is 1. The van der Waals surface area contributed by atoms with E-state index < -0.39 is 0 Å². The van der Waals surface area contributed by atoms with Crippen LogP contribution in [0.4, 0.5) is 0 Å². The highest BCUT2D eigenvalue weighted by Crippen LogP contribution is 2.07. The van der Waals surface area contributed by atoms with Gasteiger partial charge < -0.3 is 20.3 Å². The molecular formula is C12H25N3O2. The average Bonchev–Trinajstić information content (AvgIpc) is 2.36. The summed E-state index contributed by atoms with van der Waals surface area (Å²) in [6.45, 7) is 5.83. The van der Waals surface area contributed by atoms with E-state index in [4.69, 9.17) is 4.74 Å². The van der Waals surface area contributed by atoms with Gasteiger partial charge in [-0.15, -0.1) is 0 Å². The highest BCUT2D eigenvalue weighted by molar-refractivity contribution is 5.77. The van der Waals surface area contributed by atoms with Gasteiger partial charge in [-0.3, -0.25) is 4.79 Å². The molecule has 5 nitrogen and oxygen atoms in total. The molecule has 0 radical (unpaired) electrons. The van der Waals surface area contributed by atoms with Crippen molar-refractivity contribution in [1.29, 1.82) is 0 Å². The molecule has 0 aromatic rings. The smallest absolute Gasteiger partial charge is 0.234 e. The van der Waals surface area contributed by atoms with Gasteiger partial charge in [0, 0.05) is 26.7 Å². The van der Waals surface area contributed by atoms with E-state index in [0.29, 0.717) is 13.2 Å². The van der Waals surface area contributed by atoms with Crippen LogP contribution in [-0.2, 0) is 9.53 Å². The van der Waals surface area contributed by atoms with E-state index in [1.807, 2.05) is 0 Å². The number of nitrogens with one attached hydrogen (secondary N) is 2. The molecule has 0 aromatic heterocycles. The second-order valence-corrected chi connectivity index (χ2v) is 4.42. The van der Waals surface area contributed by atoms with Crippen molar-refractivity contribution in [3.8, 4) is 0 Å². The van der Waals surface area contributed by atoms with Gasteiger partial charge in [0.05, 0.1) is 13.2 Å². The largest absolute Gasteiger partial charge is 0.383 e. The first-order chi connectivity index (χ1) is 8.33. The molecule has 1 heterocycles. The summed E-state index contributed by atoms with van der Waals surface area (Å²) in [7, 11) is 1.65. The van der Waals surface area contributed by atoms with Gasteiger partial charge in [0.15, 0.2) is 0 Å². The molecular weight excluding hydrogens is 218 g/mol. The number of carbonyl (C=O) groups excluding carboxylic acids is 1. The fourth-order valence-electron chi connectivity index (χ4n) is 1.98. The SMILES string of the molecule is COCCNCC(=O)NCCN1CCCCC1. The number of carbonyl (C=O) groups is 1. The predicted octanol–water partition coefficient (Wildman–Crippen LogP) is -0.175. The molecule has 5 heteroatoms. The zero-order valence-corrected chi connectivity index (χ0v) is 10.8. The van der Waals surface area contributed by atoms with Crippen LogP contribution in [0.2, 0.25) is 0 Å². The van der Waals surface area contributed by atoms with Crippen LogP contribution in [0.25, 0.3) is 0 Å². The van der Waals surface area contributed by atoms with Crippen molar-refractivity contribution in [2.24, 2.45) is 0 Å². The molecule has 1 aliphatic heterocycles. The molecule has 1 aliphatic rings. The van der Waals surface area contributed by atoms with E-state index in [2.05, 4.69) is 15.5 Å². The summed E-state index contributed by atoms with van der Waals surface area (Å²) in [6.07, 6.45) is 3.95. The topological polar surface area (TPSA) is 53.6 Å². The highest BCUT2D eigenvalue weighted by atomic mass is 16.5.